The number of carbonyl (C=O) groups is 1. The molecule has 0 spiro atoms. The van der Waals surface area contributed by atoms with Crippen molar-refractivity contribution in [1.82, 2.24) is 15.0 Å². The van der Waals surface area contributed by atoms with Gasteiger partial charge in [-0.3, -0.25) is 4.79 Å². The zero-order valence-corrected chi connectivity index (χ0v) is 16.2. The molecule has 1 amide bonds. The number of carbonyl (C=O) groups excluding carboxylic acids is 1. The first-order valence-corrected chi connectivity index (χ1v) is 9.93. The van der Waals surface area contributed by atoms with Crippen LogP contribution in [-0.2, 0) is 16.6 Å². The van der Waals surface area contributed by atoms with Crippen molar-refractivity contribution in [2.24, 2.45) is 5.92 Å². The lowest BCUT2D eigenvalue weighted by atomic mass is 9.89. The summed E-state index contributed by atoms with van der Waals surface area (Å²) in [6.45, 7) is 1.74. The summed E-state index contributed by atoms with van der Waals surface area (Å²) >= 11 is 0. The first-order valence-electron chi connectivity index (χ1n) is 9.93. The van der Waals surface area contributed by atoms with E-state index in [2.05, 4.69) is 27.2 Å². The Morgan fingerprint density at radius 1 is 1.22 bits per heavy atom. The van der Waals surface area contributed by atoms with Crippen molar-refractivity contribution in [1.29, 1.82) is 0 Å². The lowest BCUT2D eigenvalue weighted by Gasteiger charge is -2.34. The van der Waals surface area contributed by atoms with Gasteiger partial charge in [-0.1, -0.05) is 35.5 Å². The Bertz CT molecular complexity index is 774. The van der Waals surface area contributed by atoms with Crippen molar-refractivity contribution in [3.63, 3.8) is 0 Å². The summed E-state index contributed by atoms with van der Waals surface area (Å²) in [5, 5.41) is 4.05. The topological polar surface area (TPSA) is 62.5 Å². The number of likely N-dealkylation sites (tertiary alicyclic amines) is 1. The van der Waals surface area contributed by atoms with Crippen molar-refractivity contribution < 1.29 is 9.32 Å². The van der Waals surface area contributed by atoms with E-state index in [-0.39, 0.29) is 5.41 Å². The second-order valence-corrected chi connectivity index (χ2v) is 8.11. The largest absolute Gasteiger partial charge is 0.342 e. The minimum Gasteiger partial charge on any atom is -0.342 e. The van der Waals surface area contributed by atoms with Gasteiger partial charge in [-0.25, -0.2) is 0 Å². The third-order valence-corrected chi connectivity index (χ3v) is 6.00. The molecular formula is C21H28N4O2. The number of amides is 1. The molecule has 0 radical (unpaired) electrons. The average Bonchev–Trinajstić information content (AvgIpc) is 3.37. The number of aryl methyl sites for hydroxylation is 1. The molecule has 2 aromatic rings. The standard InChI is InChI=1S/C21H28N4O2/c1-24(2)20-22-18(23-27-20)9-8-16-10-14-25(15-11-16)19(26)21(12-13-21)17-6-4-3-5-7-17/h3-7,16H,8-15H2,1-2H3. The van der Waals surface area contributed by atoms with Gasteiger partial charge in [0.2, 0.25) is 5.91 Å². The molecule has 2 aliphatic rings. The van der Waals surface area contributed by atoms with Gasteiger partial charge in [0.05, 0.1) is 5.41 Å². The van der Waals surface area contributed by atoms with Crippen molar-refractivity contribution in [3.8, 4) is 0 Å². The number of rotatable bonds is 6. The van der Waals surface area contributed by atoms with Crippen LogP contribution in [0.5, 0.6) is 0 Å². The third-order valence-electron chi connectivity index (χ3n) is 6.00. The normalized spacial score (nSPS) is 19.1. The number of piperidine rings is 1. The molecule has 27 heavy (non-hydrogen) atoms. The maximum atomic E-state index is 13.1. The molecule has 1 saturated heterocycles. The first-order chi connectivity index (χ1) is 13.1. The van der Waals surface area contributed by atoms with Gasteiger partial charge in [-0.05, 0) is 43.6 Å². The molecule has 144 valence electrons. The van der Waals surface area contributed by atoms with E-state index in [0.29, 0.717) is 17.8 Å². The number of benzene rings is 1. The quantitative estimate of drug-likeness (QED) is 0.784. The fourth-order valence-corrected chi connectivity index (χ4v) is 4.10. The number of aromatic nitrogens is 2. The van der Waals surface area contributed by atoms with Gasteiger partial charge >= 0.3 is 6.01 Å². The summed E-state index contributed by atoms with van der Waals surface area (Å²) in [6, 6.07) is 10.8. The predicted molar refractivity (Wildman–Crippen MR) is 104 cm³/mol. The Kier molecular flexibility index (Phi) is 4.89. The second-order valence-electron chi connectivity index (χ2n) is 8.11. The molecular weight excluding hydrogens is 340 g/mol. The monoisotopic (exact) mass is 368 g/mol. The molecule has 0 N–H and O–H groups in total. The van der Waals surface area contributed by atoms with Crippen LogP contribution < -0.4 is 4.90 Å². The van der Waals surface area contributed by atoms with E-state index in [4.69, 9.17) is 4.52 Å². The van der Waals surface area contributed by atoms with Crippen molar-refractivity contribution >= 4 is 11.9 Å². The van der Waals surface area contributed by atoms with E-state index in [9.17, 15) is 4.79 Å². The van der Waals surface area contributed by atoms with Gasteiger partial charge in [-0.2, -0.15) is 4.98 Å². The van der Waals surface area contributed by atoms with E-state index in [0.717, 1.165) is 57.4 Å². The molecule has 1 aliphatic heterocycles. The highest BCUT2D eigenvalue weighted by Crippen LogP contribution is 2.50. The van der Waals surface area contributed by atoms with Crippen LogP contribution in [-0.4, -0.2) is 48.1 Å². The van der Waals surface area contributed by atoms with Crippen LogP contribution in [0.15, 0.2) is 34.9 Å². The average molecular weight is 368 g/mol. The molecule has 6 nitrogen and oxygen atoms in total. The Morgan fingerprint density at radius 2 is 1.93 bits per heavy atom. The Balaban J connectivity index is 1.28. The van der Waals surface area contributed by atoms with Crippen LogP contribution in [0, 0.1) is 5.92 Å². The Labute approximate surface area is 160 Å². The minimum atomic E-state index is -0.235. The highest BCUT2D eigenvalue weighted by atomic mass is 16.5. The molecule has 6 heteroatoms. The Hall–Kier alpha value is -2.37. The van der Waals surface area contributed by atoms with Gasteiger partial charge in [0, 0.05) is 33.6 Å². The van der Waals surface area contributed by atoms with Crippen LogP contribution in [0.4, 0.5) is 6.01 Å². The SMILES string of the molecule is CN(C)c1nc(CCC2CCN(C(=O)C3(c4ccccc4)CC3)CC2)no1. The summed E-state index contributed by atoms with van der Waals surface area (Å²) < 4.78 is 5.21. The molecule has 2 fully saturated rings. The summed E-state index contributed by atoms with van der Waals surface area (Å²) in [7, 11) is 3.79. The van der Waals surface area contributed by atoms with Crippen LogP contribution in [0.3, 0.4) is 0 Å². The number of hydrogen-bond donors (Lipinski definition) is 0. The molecule has 0 bridgehead atoms. The summed E-state index contributed by atoms with van der Waals surface area (Å²) in [5.41, 5.74) is 0.951. The van der Waals surface area contributed by atoms with Crippen molar-refractivity contribution in [2.75, 3.05) is 32.1 Å². The fraction of sp³-hybridized carbons (Fsp3) is 0.571. The minimum absolute atomic E-state index is 0.235. The van der Waals surface area contributed by atoms with E-state index in [1.54, 1.807) is 0 Å². The predicted octanol–water partition coefficient (Wildman–Crippen LogP) is 3.04. The molecule has 1 aromatic heterocycles. The number of hydrogen-bond acceptors (Lipinski definition) is 5. The van der Waals surface area contributed by atoms with Gasteiger partial charge in [0.1, 0.15) is 0 Å². The number of nitrogens with zero attached hydrogens (tertiary/aromatic N) is 4. The fourth-order valence-electron chi connectivity index (χ4n) is 4.10. The smallest absolute Gasteiger partial charge is 0.323 e. The molecule has 0 atom stereocenters. The molecule has 1 aliphatic carbocycles. The maximum absolute atomic E-state index is 13.1. The molecule has 1 saturated carbocycles. The highest BCUT2D eigenvalue weighted by molar-refractivity contribution is 5.91. The van der Waals surface area contributed by atoms with E-state index in [1.165, 1.54) is 5.56 Å². The van der Waals surface area contributed by atoms with E-state index in [1.807, 2.05) is 37.2 Å². The summed E-state index contributed by atoms with van der Waals surface area (Å²) in [4.78, 5) is 21.4. The lowest BCUT2D eigenvalue weighted by Crippen LogP contribution is -2.44. The van der Waals surface area contributed by atoms with Crippen LogP contribution in [0.25, 0.3) is 0 Å². The third kappa shape index (κ3) is 3.70. The van der Waals surface area contributed by atoms with E-state index < -0.39 is 0 Å². The molecule has 4 rings (SSSR count). The van der Waals surface area contributed by atoms with Gasteiger partial charge in [0.25, 0.3) is 0 Å². The summed E-state index contributed by atoms with van der Waals surface area (Å²) in [5.74, 6) is 1.74. The van der Waals surface area contributed by atoms with Crippen molar-refractivity contribution in [2.45, 2.75) is 43.9 Å². The zero-order valence-electron chi connectivity index (χ0n) is 16.2. The maximum Gasteiger partial charge on any atom is 0.323 e. The zero-order chi connectivity index (χ0) is 18.9. The van der Waals surface area contributed by atoms with Gasteiger partial charge in [-0.15, -0.1) is 0 Å². The highest BCUT2D eigenvalue weighted by Gasteiger charge is 2.53. The van der Waals surface area contributed by atoms with Crippen molar-refractivity contribution in [3.05, 3.63) is 41.7 Å². The van der Waals surface area contributed by atoms with Gasteiger partial charge in [0.15, 0.2) is 5.82 Å². The number of anilines is 1. The second kappa shape index (κ2) is 7.33. The van der Waals surface area contributed by atoms with Gasteiger partial charge < -0.3 is 14.3 Å². The van der Waals surface area contributed by atoms with Crippen LogP contribution >= 0.6 is 0 Å². The molecule has 1 aromatic carbocycles. The van der Waals surface area contributed by atoms with E-state index >= 15 is 0 Å². The van der Waals surface area contributed by atoms with Crippen LogP contribution in [0.1, 0.15) is 43.5 Å². The lowest BCUT2D eigenvalue weighted by molar-refractivity contribution is -0.135. The first kappa shape index (κ1) is 18.0. The molecule has 0 unspecified atom stereocenters. The summed E-state index contributed by atoms with van der Waals surface area (Å²) in [6.07, 6.45) is 6.00. The Morgan fingerprint density at radius 3 is 2.52 bits per heavy atom. The van der Waals surface area contributed by atoms with Crippen LogP contribution in [0.2, 0.25) is 0 Å². The molecule has 2 heterocycles.